The lowest BCUT2D eigenvalue weighted by molar-refractivity contribution is -0.115. The average molecular weight is 283 g/mol. The minimum absolute atomic E-state index is 0.132. The van der Waals surface area contributed by atoms with Gasteiger partial charge in [0.05, 0.1) is 12.0 Å². The molecule has 1 aliphatic heterocycles. The lowest BCUT2D eigenvalue weighted by Gasteiger charge is -2.06. The van der Waals surface area contributed by atoms with E-state index in [2.05, 4.69) is 5.32 Å². The van der Waals surface area contributed by atoms with Gasteiger partial charge in [-0.2, -0.15) is 0 Å². The number of hydrogen-bond donors (Lipinski definition) is 3. The van der Waals surface area contributed by atoms with Crippen molar-refractivity contribution in [1.29, 1.82) is 0 Å². The number of phenols is 2. The van der Waals surface area contributed by atoms with Gasteiger partial charge in [-0.3, -0.25) is 4.79 Å². The number of carbonyl (C=O) groups excluding carboxylic acids is 1. The number of carbonyl (C=O) groups is 1. The molecular weight excluding hydrogens is 274 g/mol. The molecular formula is C11H9NO4S2. The van der Waals surface area contributed by atoms with Crippen molar-refractivity contribution in [2.24, 2.45) is 0 Å². The monoisotopic (exact) mass is 283 g/mol. The second-order valence-corrected chi connectivity index (χ2v) is 5.16. The first kappa shape index (κ1) is 12.7. The fourth-order valence-electron chi connectivity index (χ4n) is 1.43. The van der Waals surface area contributed by atoms with Gasteiger partial charge in [0.25, 0.3) is 5.91 Å². The van der Waals surface area contributed by atoms with Crippen molar-refractivity contribution in [3.05, 3.63) is 22.6 Å². The van der Waals surface area contributed by atoms with E-state index in [0.29, 0.717) is 14.8 Å². The van der Waals surface area contributed by atoms with E-state index in [4.69, 9.17) is 17.0 Å². The summed E-state index contributed by atoms with van der Waals surface area (Å²) < 4.78 is 5.30. The summed E-state index contributed by atoms with van der Waals surface area (Å²) in [7, 11) is 1.37. The Labute approximate surface area is 112 Å². The smallest absolute Gasteiger partial charge is 0.263 e. The molecule has 1 heterocycles. The van der Waals surface area contributed by atoms with Gasteiger partial charge in [0, 0.05) is 0 Å². The summed E-state index contributed by atoms with van der Waals surface area (Å²) in [5, 5.41) is 21.5. The molecule has 5 nitrogen and oxygen atoms in total. The zero-order chi connectivity index (χ0) is 13.3. The molecule has 0 aromatic heterocycles. The number of thioether (sulfide) groups is 1. The molecule has 1 saturated heterocycles. The number of benzene rings is 1. The number of rotatable bonds is 2. The molecule has 0 saturated carbocycles. The third kappa shape index (κ3) is 2.41. The summed E-state index contributed by atoms with van der Waals surface area (Å²) in [6.45, 7) is 0. The molecule has 3 N–H and O–H groups in total. The maximum atomic E-state index is 11.5. The molecule has 0 spiro atoms. The van der Waals surface area contributed by atoms with E-state index in [1.807, 2.05) is 0 Å². The maximum absolute atomic E-state index is 11.5. The van der Waals surface area contributed by atoms with Crippen molar-refractivity contribution >= 4 is 40.3 Å². The molecule has 94 valence electrons. The molecule has 0 aliphatic carbocycles. The minimum Gasteiger partial charge on any atom is -0.504 e. The van der Waals surface area contributed by atoms with Crippen molar-refractivity contribution < 1.29 is 19.7 Å². The Bertz CT molecular complexity index is 568. The summed E-state index contributed by atoms with van der Waals surface area (Å²) in [6, 6.07) is 2.84. The number of thiocarbonyl (C=S) groups is 1. The van der Waals surface area contributed by atoms with E-state index in [1.165, 1.54) is 19.2 Å². The first-order valence-corrected chi connectivity index (χ1v) is 6.08. The zero-order valence-electron chi connectivity index (χ0n) is 9.26. The van der Waals surface area contributed by atoms with E-state index in [9.17, 15) is 15.0 Å². The van der Waals surface area contributed by atoms with Crippen LogP contribution in [0.25, 0.3) is 6.08 Å². The maximum Gasteiger partial charge on any atom is 0.263 e. The van der Waals surface area contributed by atoms with Crippen molar-refractivity contribution in [2.45, 2.75) is 0 Å². The van der Waals surface area contributed by atoms with Crippen LogP contribution in [0.4, 0.5) is 0 Å². The Morgan fingerprint density at radius 3 is 2.72 bits per heavy atom. The van der Waals surface area contributed by atoms with E-state index >= 15 is 0 Å². The number of aromatic hydroxyl groups is 2. The van der Waals surface area contributed by atoms with Crippen LogP contribution in [-0.4, -0.2) is 27.6 Å². The highest BCUT2D eigenvalue weighted by Crippen LogP contribution is 2.37. The minimum atomic E-state index is -0.335. The molecule has 0 atom stereocenters. The molecule has 0 bridgehead atoms. The number of amides is 1. The van der Waals surface area contributed by atoms with Crippen LogP contribution in [0.2, 0.25) is 0 Å². The summed E-state index contributed by atoms with van der Waals surface area (Å²) in [4.78, 5) is 11.9. The van der Waals surface area contributed by atoms with E-state index in [1.54, 1.807) is 6.08 Å². The number of hydrogen-bond acceptors (Lipinski definition) is 6. The van der Waals surface area contributed by atoms with Gasteiger partial charge in [-0.05, 0) is 23.8 Å². The zero-order valence-corrected chi connectivity index (χ0v) is 10.9. The Kier molecular flexibility index (Phi) is 3.44. The Hall–Kier alpha value is -1.73. The second kappa shape index (κ2) is 4.87. The Balaban J connectivity index is 2.41. The van der Waals surface area contributed by atoms with Gasteiger partial charge in [0.1, 0.15) is 4.32 Å². The topological polar surface area (TPSA) is 78.8 Å². The standard InChI is InChI=1S/C11H9NO4S2/c1-16-7-3-5(2-6(13)9(7)14)4-8-10(15)12-11(17)18-8/h2-4,13-14H,1H3,(H,12,15,17)/b8-4-. The molecule has 0 radical (unpaired) electrons. The van der Waals surface area contributed by atoms with Crippen LogP contribution >= 0.6 is 24.0 Å². The largest absolute Gasteiger partial charge is 0.504 e. The normalized spacial score (nSPS) is 17.1. The fourth-order valence-corrected chi connectivity index (χ4v) is 2.47. The van der Waals surface area contributed by atoms with Gasteiger partial charge in [0.15, 0.2) is 11.5 Å². The lowest BCUT2D eigenvalue weighted by atomic mass is 10.1. The van der Waals surface area contributed by atoms with Gasteiger partial charge >= 0.3 is 0 Å². The second-order valence-electron chi connectivity index (χ2n) is 3.44. The summed E-state index contributed by atoms with van der Waals surface area (Å²) in [6.07, 6.45) is 1.56. The summed E-state index contributed by atoms with van der Waals surface area (Å²) in [5.41, 5.74) is 0.532. The molecule has 1 fully saturated rings. The van der Waals surface area contributed by atoms with Crippen LogP contribution in [0, 0.1) is 0 Å². The highest BCUT2D eigenvalue weighted by molar-refractivity contribution is 8.26. The molecule has 1 aromatic rings. The molecule has 1 amide bonds. The van der Waals surface area contributed by atoms with Crippen molar-refractivity contribution in [3.63, 3.8) is 0 Å². The molecule has 0 unspecified atom stereocenters. The summed E-state index contributed by atoms with van der Waals surface area (Å²) >= 11 is 6.00. The highest BCUT2D eigenvalue weighted by atomic mass is 32.2. The van der Waals surface area contributed by atoms with E-state index in [-0.39, 0.29) is 23.2 Å². The first-order chi connectivity index (χ1) is 8.51. The van der Waals surface area contributed by atoms with E-state index in [0.717, 1.165) is 11.8 Å². The molecule has 18 heavy (non-hydrogen) atoms. The third-order valence-corrected chi connectivity index (χ3v) is 3.40. The molecule has 1 aliphatic rings. The van der Waals surface area contributed by atoms with Gasteiger partial charge in [-0.15, -0.1) is 0 Å². The molecule has 1 aromatic carbocycles. The lowest BCUT2D eigenvalue weighted by Crippen LogP contribution is -2.17. The van der Waals surface area contributed by atoms with Crippen LogP contribution in [0.5, 0.6) is 17.2 Å². The first-order valence-electron chi connectivity index (χ1n) is 4.86. The SMILES string of the molecule is COc1cc(/C=C2\SC(=S)NC2=O)cc(O)c1O. The summed E-state index contributed by atoms with van der Waals surface area (Å²) in [5.74, 6) is -0.796. The van der Waals surface area contributed by atoms with Crippen molar-refractivity contribution in [2.75, 3.05) is 7.11 Å². The van der Waals surface area contributed by atoms with Crippen molar-refractivity contribution in [1.82, 2.24) is 5.32 Å². The van der Waals surface area contributed by atoms with Crippen molar-refractivity contribution in [3.8, 4) is 17.2 Å². The quantitative estimate of drug-likeness (QED) is 0.434. The number of methoxy groups -OCH3 is 1. The van der Waals surface area contributed by atoms with Gasteiger partial charge in [-0.25, -0.2) is 0 Å². The predicted octanol–water partition coefficient (Wildman–Crippen LogP) is 1.60. The van der Waals surface area contributed by atoms with E-state index < -0.39 is 0 Å². The number of ether oxygens (including phenoxy) is 1. The van der Waals surface area contributed by atoms with Gasteiger partial charge < -0.3 is 20.3 Å². The predicted molar refractivity (Wildman–Crippen MR) is 72.6 cm³/mol. The van der Waals surface area contributed by atoms with Crippen LogP contribution in [0.1, 0.15) is 5.56 Å². The number of phenolic OH excluding ortho intramolecular Hbond substituents is 2. The van der Waals surface area contributed by atoms with Crippen LogP contribution in [0.15, 0.2) is 17.0 Å². The fraction of sp³-hybridized carbons (Fsp3) is 0.0909. The third-order valence-electron chi connectivity index (χ3n) is 2.24. The Morgan fingerprint density at radius 2 is 2.17 bits per heavy atom. The van der Waals surface area contributed by atoms with Crippen LogP contribution in [-0.2, 0) is 4.79 Å². The van der Waals surface area contributed by atoms with Gasteiger partial charge in [-0.1, -0.05) is 24.0 Å². The molecule has 7 heteroatoms. The van der Waals surface area contributed by atoms with Crippen LogP contribution in [0.3, 0.4) is 0 Å². The Morgan fingerprint density at radius 1 is 1.44 bits per heavy atom. The molecule has 2 rings (SSSR count). The average Bonchev–Trinajstić information content (AvgIpc) is 2.62. The van der Waals surface area contributed by atoms with Crippen LogP contribution < -0.4 is 10.1 Å². The number of nitrogens with one attached hydrogen (secondary N) is 1. The highest BCUT2D eigenvalue weighted by Gasteiger charge is 2.22. The van der Waals surface area contributed by atoms with Gasteiger partial charge in [0.2, 0.25) is 5.75 Å².